The second-order valence-corrected chi connectivity index (χ2v) is 6.48. The number of rotatable bonds is 1. The summed E-state index contributed by atoms with van der Waals surface area (Å²) in [4.78, 5) is 12.0. The van der Waals surface area contributed by atoms with Crippen molar-refractivity contribution in [3.63, 3.8) is 0 Å². The SMILES string of the molecule is Cc1nc2c(c(N3CCc4ccccc4CC3)n1)CCCC2. The van der Waals surface area contributed by atoms with Gasteiger partial charge in [0.15, 0.2) is 0 Å². The lowest BCUT2D eigenvalue weighted by Gasteiger charge is -2.27. The summed E-state index contributed by atoms with van der Waals surface area (Å²) in [5.41, 5.74) is 5.73. The Morgan fingerprint density at radius 3 is 2.27 bits per heavy atom. The highest BCUT2D eigenvalue weighted by Gasteiger charge is 2.22. The van der Waals surface area contributed by atoms with E-state index >= 15 is 0 Å². The third kappa shape index (κ3) is 2.49. The Kier molecular flexibility index (Phi) is 3.57. The number of nitrogens with zero attached hydrogens (tertiary/aromatic N) is 3. The fraction of sp³-hybridized carbons (Fsp3) is 0.474. The van der Waals surface area contributed by atoms with Crippen molar-refractivity contribution in [2.45, 2.75) is 45.4 Å². The first-order chi connectivity index (χ1) is 10.8. The van der Waals surface area contributed by atoms with E-state index in [-0.39, 0.29) is 0 Å². The molecule has 4 rings (SSSR count). The van der Waals surface area contributed by atoms with Gasteiger partial charge in [-0.1, -0.05) is 24.3 Å². The second-order valence-electron chi connectivity index (χ2n) is 6.48. The zero-order chi connectivity index (χ0) is 14.9. The molecule has 1 aromatic heterocycles. The van der Waals surface area contributed by atoms with Gasteiger partial charge in [0.2, 0.25) is 0 Å². The summed E-state index contributed by atoms with van der Waals surface area (Å²) < 4.78 is 0. The third-order valence-electron chi connectivity index (χ3n) is 4.99. The predicted octanol–water partition coefficient (Wildman–Crippen LogP) is 3.27. The van der Waals surface area contributed by atoms with Gasteiger partial charge in [0.1, 0.15) is 11.6 Å². The van der Waals surface area contributed by atoms with Crippen LogP contribution in [0.3, 0.4) is 0 Å². The number of benzene rings is 1. The molecule has 1 aliphatic heterocycles. The van der Waals surface area contributed by atoms with Crippen LogP contribution in [0.15, 0.2) is 24.3 Å². The van der Waals surface area contributed by atoms with Gasteiger partial charge in [-0.25, -0.2) is 9.97 Å². The van der Waals surface area contributed by atoms with Crippen LogP contribution in [0.4, 0.5) is 5.82 Å². The van der Waals surface area contributed by atoms with Gasteiger partial charge < -0.3 is 4.90 Å². The lowest BCUT2D eigenvalue weighted by molar-refractivity contribution is 0.649. The van der Waals surface area contributed by atoms with Crippen molar-refractivity contribution in [2.75, 3.05) is 18.0 Å². The van der Waals surface area contributed by atoms with Gasteiger partial charge in [-0.3, -0.25) is 0 Å². The highest BCUT2D eigenvalue weighted by atomic mass is 15.2. The van der Waals surface area contributed by atoms with E-state index in [4.69, 9.17) is 9.97 Å². The molecule has 2 heterocycles. The molecule has 0 fully saturated rings. The molecule has 0 atom stereocenters. The minimum Gasteiger partial charge on any atom is -0.356 e. The molecule has 0 saturated heterocycles. The molecule has 1 aliphatic carbocycles. The molecule has 0 saturated carbocycles. The second kappa shape index (κ2) is 5.71. The van der Waals surface area contributed by atoms with Crippen LogP contribution < -0.4 is 4.90 Å². The van der Waals surface area contributed by atoms with Crippen molar-refractivity contribution < 1.29 is 0 Å². The van der Waals surface area contributed by atoms with E-state index in [2.05, 4.69) is 29.2 Å². The van der Waals surface area contributed by atoms with Crippen LogP contribution in [0.2, 0.25) is 0 Å². The molecule has 2 aromatic rings. The summed E-state index contributed by atoms with van der Waals surface area (Å²) >= 11 is 0. The Balaban J connectivity index is 1.67. The van der Waals surface area contributed by atoms with Gasteiger partial charge in [0.25, 0.3) is 0 Å². The van der Waals surface area contributed by atoms with E-state index in [1.807, 2.05) is 6.92 Å². The van der Waals surface area contributed by atoms with E-state index < -0.39 is 0 Å². The van der Waals surface area contributed by atoms with Crippen LogP contribution >= 0.6 is 0 Å². The average molecular weight is 293 g/mol. The summed E-state index contributed by atoms with van der Waals surface area (Å²) in [6, 6.07) is 8.87. The average Bonchev–Trinajstić information content (AvgIpc) is 2.76. The van der Waals surface area contributed by atoms with E-state index in [1.165, 1.54) is 41.0 Å². The number of hydrogen-bond acceptors (Lipinski definition) is 3. The summed E-state index contributed by atoms with van der Waals surface area (Å²) in [5, 5.41) is 0. The lowest BCUT2D eigenvalue weighted by atomic mass is 9.96. The number of anilines is 1. The van der Waals surface area contributed by atoms with Crippen LogP contribution in [0.1, 0.15) is 41.1 Å². The highest BCUT2D eigenvalue weighted by molar-refractivity contribution is 5.51. The fourth-order valence-electron chi connectivity index (χ4n) is 3.84. The topological polar surface area (TPSA) is 29.0 Å². The Morgan fingerprint density at radius 1 is 0.864 bits per heavy atom. The first kappa shape index (κ1) is 13.7. The van der Waals surface area contributed by atoms with Crippen LogP contribution in [0.25, 0.3) is 0 Å². The number of aryl methyl sites for hydroxylation is 2. The maximum atomic E-state index is 4.83. The Bertz CT molecular complexity index is 666. The van der Waals surface area contributed by atoms with Crippen LogP contribution in [-0.2, 0) is 25.7 Å². The number of fused-ring (bicyclic) bond motifs is 2. The van der Waals surface area contributed by atoms with Crippen LogP contribution in [0, 0.1) is 6.92 Å². The molecule has 0 amide bonds. The summed E-state index contributed by atoms with van der Waals surface area (Å²) in [6.45, 7) is 4.17. The molecule has 114 valence electrons. The molecule has 1 aromatic carbocycles. The molecule has 0 N–H and O–H groups in total. The van der Waals surface area contributed by atoms with E-state index in [9.17, 15) is 0 Å². The molecule has 0 radical (unpaired) electrons. The lowest BCUT2D eigenvalue weighted by Crippen LogP contribution is -2.29. The third-order valence-corrected chi connectivity index (χ3v) is 4.99. The van der Waals surface area contributed by atoms with Gasteiger partial charge in [-0.15, -0.1) is 0 Å². The predicted molar refractivity (Wildman–Crippen MR) is 89.5 cm³/mol. The zero-order valence-electron chi connectivity index (χ0n) is 13.3. The normalized spacial score (nSPS) is 17.6. The molecular formula is C19H23N3. The van der Waals surface area contributed by atoms with E-state index in [0.717, 1.165) is 44.6 Å². The van der Waals surface area contributed by atoms with E-state index in [1.54, 1.807) is 0 Å². The number of aromatic nitrogens is 2. The minimum atomic E-state index is 0.928. The number of hydrogen-bond donors (Lipinski definition) is 0. The maximum absolute atomic E-state index is 4.83. The van der Waals surface area contributed by atoms with E-state index in [0.29, 0.717) is 0 Å². The molecule has 3 heteroatoms. The summed E-state index contributed by atoms with van der Waals surface area (Å²) in [7, 11) is 0. The molecule has 0 bridgehead atoms. The fourth-order valence-corrected chi connectivity index (χ4v) is 3.84. The molecule has 22 heavy (non-hydrogen) atoms. The summed E-state index contributed by atoms with van der Waals surface area (Å²) in [5.74, 6) is 2.15. The Morgan fingerprint density at radius 2 is 1.55 bits per heavy atom. The van der Waals surface area contributed by atoms with Crippen molar-refractivity contribution in [2.24, 2.45) is 0 Å². The molecule has 3 nitrogen and oxygen atoms in total. The van der Waals surface area contributed by atoms with Crippen LogP contribution in [-0.4, -0.2) is 23.1 Å². The van der Waals surface area contributed by atoms with Gasteiger partial charge in [0, 0.05) is 24.3 Å². The maximum Gasteiger partial charge on any atom is 0.135 e. The van der Waals surface area contributed by atoms with Crippen LogP contribution in [0.5, 0.6) is 0 Å². The van der Waals surface area contributed by atoms with Gasteiger partial charge in [0.05, 0.1) is 0 Å². The Labute approximate surface area is 132 Å². The van der Waals surface area contributed by atoms with Gasteiger partial charge in [-0.05, 0) is 56.6 Å². The largest absolute Gasteiger partial charge is 0.356 e. The molecule has 0 unspecified atom stereocenters. The molecule has 0 spiro atoms. The quantitative estimate of drug-likeness (QED) is 0.808. The highest BCUT2D eigenvalue weighted by Crippen LogP contribution is 2.29. The molecular weight excluding hydrogens is 270 g/mol. The van der Waals surface area contributed by atoms with Gasteiger partial charge in [-0.2, -0.15) is 0 Å². The van der Waals surface area contributed by atoms with Crippen molar-refractivity contribution >= 4 is 5.82 Å². The van der Waals surface area contributed by atoms with Crippen molar-refractivity contribution in [1.29, 1.82) is 0 Å². The van der Waals surface area contributed by atoms with Gasteiger partial charge >= 0.3 is 0 Å². The first-order valence-corrected chi connectivity index (χ1v) is 8.49. The standard InChI is InChI=1S/C19H23N3/c1-14-20-18-9-5-4-8-17(18)19(21-14)22-12-10-15-6-2-3-7-16(15)11-13-22/h2-3,6-7H,4-5,8-13H2,1H3. The monoisotopic (exact) mass is 293 g/mol. The Hall–Kier alpha value is -1.90. The van der Waals surface area contributed by atoms with Crippen molar-refractivity contribution in [1.82, 2.24) is 9.97 Å². The zero-order valence-corrected chi connectivity index (χ0v) is 13.3. The first-order valence-electron chi connectivity index (χ1n) is 8.49. The molecule has 2 aliphatic rings. The summed E-state index contributed by atoms with van der Waals surface area (Å²) in [6.07, 6.45) is 7.06. The van der Waals surface area contributed by atoms with Crippen molar-refractivity contribution in [3.8, 4) is 0 Å². The van der Waals surface area contributed by atoms with Crippen molar-refractivity contribution in [3.05, 3.63) is 52.5 Å². The minimum absolute atomic E-state index is 0.928. The smallest absolute Gasteiger partial charge is 0.135 e.